The molecular weight excluding hydrogens is 266 g/mol. The van der Waals surface area contributed by atoms with Gasteiger partial charge in [-0.25, -0.2) is 4.79 Å². The summed E-state index contributed by atoms with van der Waals surface area (Å²) in [5.41, 5.74) is 1.48. The van der Waals surface area contributed by atoms with Crippen molar-refractivity contribution in [2.45, 2.75) is 25.7 Å². The van der Waals surface area contributed by atoms with E-state index < -0.39 is 0 Å². The van der Waals surface area contributed by atoms with Crippen LogP contribution in [0.25, 0.3) is 0 Å². The molecule has 0 saturated heterocycles. The van der Waals surface area contributed by atoms with Crippen LogP contribution in [0.5, 0.6) is 0 Å². The normalized spacial score (nSPS) is 26.4. The largest absolute Gasteiger partial charge is 0.341 e. The highest BCUT2D eigenvalue weighted by Gasteiger charge is 2.42. The average molecular weight is 287 g/mol. The number of hydrogen-bond acceptors (Lipinski definition) is 2. The van der Waals surface area contributed by atoms with Crippen LogP contribution in [-0.2, 0) is 4.79 Å². The van der Waals surface area contributed by atoms with E-state index in [2.05, 4.69) is 16.0 Å². The Labute approximate surface area is 124 Å². The average Bonchev–Trinajstić information content (AvgIpc) is 3.12. The summed E-state index contributed by atoms with van der Waals surface area (Å²) in [6.07, 6.45) is 4.78. The van der Waals surface area contributed by atoms with E-state index in [-0.39, 0.29) is 17.9 Å². The van der Waals surface area contributed by atoms with Gasteiger partial charge in [-0.05, 0) is 55.4 Å². The van der Waals surface area contributed by atoms with E-state index in [0.717, 1.165) is 18.0 Å². The summed E-state index contributed by atoms with van der Waals surface area (Å²) in [7, 11) is 1.57. The molecule has 0 radical (unpaired) electrons. The van der Waals surface area contributed by atoms with Crippen molar-refractivity contribution in [2.75, 3.05) is 17.7 Å². The Kier molecular flexibility index (Phi) is 3.82. The Morgan fingerprint density at radius 2 is 1.67 bits per heavy atom. The minimum absolute atomic E-state index is 0.147. The van der Waals surface area contributed by atoms with Crippen molar-refractivity contribution in [3.05, 3.63) is 24.3 Å². The van der Waals surface area contributed by atoms with Crippen LogP contribution in [0.1, 0.15) is 25.7 Å². The summed E-state index contributed by atoms with van der Waals surface area (Å²) in [5.74, 6) is 1.69. The molecule has 2 aliphatic rings. The first-order valence-electron chi connectivity index (χ1n) is 7.55. The van der Waals surface area contributed by atoms with E-state index in [4.69, 9.17) is 0 Å². The number of carbonyl (C=O) groups excluding carboxylic acids is 2. The Bertz CT molecular complexity index is 541. The van der Waals surface area contributed by atoms with E-state index in [1.165, 1.54) is 19.3 Å². The molecule has 112 valence electrons. The van der Waals surface area contributed by atoms with Gasteiger partial charge in [-0.3, -0.25) is 4.79 Å². The molecule has 0 heterocycles. The number of fused-ring (bicyclic) bond motifs is 2. The maximum Gasteiger partial charge on any atom is 0.318 e. The molecule has 1 aromatic carbocycles. The van der Waals surface area contributed by atoms with Crippen LogP contribution in [0, 0.1) is 17.8 Å². The van der Waals surface area contributed by atoms with Gasteiger partial charge in [0.15, 0.2) is 0 Å². The van der Waals surface area contributed by atoms with Gasteiger partial charge in [0.25, 0.3) is 0 Å². The molecular formula is C16H21N3O2. The minimum Gasteiger partial charge on any atom is -0.341 e. The van der Waals surface area contributed by atoms with Crippen LogP contribution in [0.2, 0.25) is 0 Å². The minimum atomic E-state index is -0.256. The lowest BCUT2D eigenvalue weighted by molar-refractivity contribution is -0.121. The quantitative estimate of drug-likeness (QED) is 0.800. The Morgan fingerprint density at radius 1 is 1.00 bits per heavy atom. The molecule has 0 aromatic heterocycles. The van der Waals surface area contributed by atoms with Crippen molar-refractivity contribution < 1.29 is 9.59 Å². The summed E-state index contributed by atoms with van der Waals surface area (Å²) in [4.78, 5) is 23.5. The first kappa shape index (κ1) is 13.9. The van der Waals surface area contributed by atoms with E-state index in [1.807, 2.05) is 12.1 Å². The molecule has 3 N–H and O–H groups in total. The zero-order chi connectivity index (χ0) is 14.8. The Hall–Kier alpha value is -2.04. The zero-order valence-corrected chi connectivity index (χ0v) is 12.2. The maximum atomic E-state index is 12.3. The molecule has 3 unspecified atom stereocenters. The summed E-state index contributed by atoms with van der Waals surface area (Å²) in [6.45, 7) is 0. The van der Waals surface area contributed by atoms with Crippen molar-refractivity contribution in [1.82, 2.24) is 5.32 Å². The third kappa shape index (κ3) is 3.01. The number of benzene rings is 1. The highest BCUT2D eigenvalue weighted by atomic mass is 16.2. The van der Waals surface area contributed by atoms with Crippen LogP contribution >= 0.6 is 0 Å². The Morgan fingerprint density at radius 3 is 2.19 bits per heavy atom. The predicted octanol–water partition coefficient (Wildman–Crippen LogP) is 2.81. The molecule has 2 aliphatic carbocycles. The number of urea groups is 1. The van der Waals surface area contributed by atoms with Gasteiger partial charge >= 0.3 is 6.03 Å². The lowest BCUT2D eigenvalue weighted by Crippen LogP contribution is -2.27. The third-order valence-electron chi connectivity index (χ3n) is 4.71. The van der Waals surface area contributed by atoms with Gasteiger partial charge in [-0.1, -0.05) is 6.42 Å². The van der Waals surface area contributed by atoms with Crippen molar-refractivity contribution in [3.63, 3.8) is 0 Å². The first-order valence-corrected chi connectivity index (χ1v) is 7.55. The highest BCUT2D eigenvalue weighted by Crippen LogP contribution is 2.48. The number of anilines is 2. The fraction of sp³-hybridized carbons (Fsp3) is 0.500. The molecule has 3 amide bonds. The SMILES string of the molecule is CNC(=O)Nc1ccc(NC(=O)C2CC3CCC2C3)cc1. The van der Waals surface area contributed by atoms with Gasteiger partial charge in [0.1, 0.15) is 0 Å². The van der Waals surface area contributed by atoms with Gasteiger partial charge in [0.05, 0.1) is 0 Å². The number of hydrogen-bond donors (Lipinski definition) is 3. The molecule has 0 spiro atoms. The third-order valence-corrected chi connectivity index (χ3v) is 4.71. The lowest BCUT2D eigenvalue weighted by Gasteiger charge is -2.20. The van der Waals surface area contributed by atoms with Crippen LogP contribution < -0.4 is 16.0 Å². The molecule has 5 nitrogen and oxygen atoms in total. The van der Waals surface area contributed by atoms with Crippen molar-refractivity contribution in [1.29, 1.82) is 0 Å². The van der Waals surface area contributed by atoms with Crippen LogP contribution in [0.4, 0.5) is 16.2 Å². The molecule has 5 heteroatoms. The van der Waals surface area contributed by atoms with Crippen LogP contribution in [0.3, 0.4) is 0 Å². The monoisotopic (exact) mass is 287 g/mol. The summed E-state index contributed by atoms with van der Waals surface area (Å²) >= 11 is 0. The fourth-order valence-electron chi connectivity index (χ4n) is 3.63. The summed E-state index contributed by atoms with van der Waals surface area (Å²) in [5, 5.41) is 8.18. The van der Waals surface area contributed by atoms with Gasteiger partial charge in [-0.2, -0.15) is 0 Å². The number of rotatable bonds is 3. The molecule has 0 aliphatic heterocycles. The fourth-order valence-corrected chi connectivity index (χ4v) is 3.63. The Balaban J connectivity index is 1.57. The van der Waals surface area contributed by atoms with E-state index >= 15 is 0 Å². The molecule has 2 saturated carbocycles. The molecule has 1 aromatic rings. The topological polar surface area (TPSA) is 70.2 Å². The second-order valence-electron chi connectivity index (χ2n) is 6.05. The standard InChI is InChI=1S/C16H21N3O2/c1-17-16(21)19-13-6-4-12(5-7-13)18-15(20)14-9-10-2-3-11(14)8-10/h4-7,10-11,14H,2-3,8-9H2,1H3,(H,18,20)(H2,17,19,21). The predicted molar refractivity (Wildman–Crippen MR) is 82.1 cm³/mol. The van der Waals surface area contributed by atoms with E-state index in [9.17, 15) is 9.59 Å². The highest BCUT2D eigenvalue weighted by molar-refractivity contribution is 5.94. The van der Waals surface area contributed by atoms with E-state index in [1.54, 1.807) is 19.2 Å². The zero-order valence-electron chi connectivity index (χ0n) is 12.2. The van der Waals surface area contributed by atoms with E-state index in [0.29, 0.717) is 11.6 Å². The van der Waals surface area contributed by atoms with Gasteiger partial charge in [0, 0.05) is 24.3 Å². The smallest absolute Gasteiger partial charge is 0.318 e. The molecule has 21 heavy (non-hydrogen) atoms. The number of amides is 3. The lowest BCUT2D eigenvalue weighted by atomic mass is 9.88. The van der Waals surface area contributed by atoms with Crippen LogP contribution in [0.15, 0.2) is 24.3 Å². The number of nitrogens with one attached hydrogen (secondary N) is 3. The molecule has 2 bridgehead atoms. The number of carbonyl (C=O) groups is 2. The molecule has 3 atom stereocenters. The van der Waals surface area contributed by atoms with Crippen molar-refractivity contribution >= 4 is 23.3 Å². The summed E-state index contributed by atoms with van der Waals surface area (Å²) in [6, 6.07) is 6.94. The molecule has 2 fully saturated rings. The first-order chi connectivity index (χ1) is 10.2. The van der Waals surface area contributed by atoms with Gasteiger partial charge in [-0.15, -0.1) is 0 Å². The van der Waals surface area contributed by atoms with Gasteiger partial charge < -0.3 is 16.0 Å². The van der Waals surface area contributed by atoms with Crippen molar-refractivity contribution in [2.24, 2.45) is 17.8 Å². The van der Waals surface area contributed by atoms with Crippen molar-refractivity contribution in [3.8, 4) is 0 Å². The van der Waals surface area contributed by atoms with Gasteiger partial charge in [0.2, 0.25) is 5.91 Å². The second-order valence-corrected chi connectivity index (χ2v) is 6.05. The maximum absolute atomic E-state index is 12.3. The second kappa shape index (κ2) is 5.76. The van der Waals surface area contributed by atoms with Crippen LogP contribution in [-0.4, -0.2) is 19.0 Å². The summed E-state index contributed by atoms with van der Waals surface area (Å²) < 4.78 is 0. The molecule has 3 rings (SSSR count).